The van der Waals surface area contributed by atoms with Crippen molar-refractivity contribution in [1.29, 1.82) is 0 Å². The molecule has 3 heteroatoms. The first-order chi connectivity index (χ1) is 8.99. The van der Waals surface area contributed by atoms with Gasteiger partial charge >= 0.3 is 5.97 Å². The fourth-order valence-electron chi connectivity index (χ4n) is 2.13. The SMILES string of the molecule is Cc1cc(-c2ccc(O)cc2)ccc1C(C)C(=O)O. The second-order valence-corrected chi connectivity index (χ2v) is 4.68. The average molecular weight is 256 g/mol. The number of phenols is 1. The van der Waals surface area contributed by atoms with Crippen LogP contribution in [0, 0.1) is 6.92 Å². The van der Waals surface area contributed by atoms with Gasteiger partial charge in [-0.15, -0.1) is 0 Å². The summed E-state index contributed by atoms with van der Waals surface area (Å²) >= 11 is 0. The number of aromatic hydroxyl groups is 1. The minimum Gasteiger partial charge on any atom is -0.508 e. The van der Waals surface area contributed by atoms with Gasteiger partial charge in [-0.3, -0.25) is 4.79 Å². The summed E-state index contributed by atoms with van der Waals surface area (Å²) in [7, 11) is 0. The third kappa shape index (κ3) is 2.76. The Morgan fingerprint density at radius 2 is 1.63 bits per heavy atom. The molecule has 0 amide bonds. The van der Waals surface area contributed by atoms with Gasteiger partial charge in [-0.1, -0.05) is 30.3 Å². The van der Waals surface area contributed by atoms with Crippen LogP contribution < -0.4 is 0 Å². The first-order valence-electron chi connectivity index (χ1n) is 6.12. The number of carbonyl (C=O) groups is 1. The molecule has 1 atom stereocenters. The molecular formula is C16H16O3. The summed E-state index contributed by atoms with van der Waals surface area (Å²) in [6.07, 6.45) is 0. The number of benzene rings is 2. The van der Waals surface area contributed by atoms with E-state index >= 15 is 0 Å². The van der Waals surface area contributed by atoms with E-state index in [1.54, 1.807) is 19.1 Å². The monoisotopic (exact) mass is 256 g/mol. The molecule has 0 heterocycles. The summed E-state index contributed by atoms with van der Waals surface area (Å²) < 4.78 is 0. The molecular weight excluding hydrogens is 240 g/mol. The number of aryl methyl sites for hydroxylation is 1. The van der Waals surface area contributed by atoms with Gasteiger partial charge < -0.3 is 10.2 Å². The molecule has 0 bridgehead atoms. The van der Waals surface area contributed by atoms with Crippen molar-refractivity contribution in [3.8, 4) is 16.9 Å². The van der Waals surface area contributed by atoms with Crippen LogP contribution in [0.25, 0.3) is 11.1 Å². The van der Waals surface area contributed by atoms with Crippen LogP contribution in [0.4, 0.5) is 0 Å². The van der Waals surface area contributed by atoms with E-state index in [4.69, 9.17) is 5.11 Å². The van der Waals surface area contributed by atoms with Crippen LogP contribution in [-0.2, 0) is 4.79 Å². The van der Waals surface area contributed by atoms with Gasteiger partial charge in [0.25, 0.3) is 0 Å². The highest BCUT2D eigenvalue weighted by atomic mass is 16.4. The Hall–Kier alpha value is -2.29. The highest BCUT2D eigenvalue weighted by Crippen LogP contribution is 2.27. The van der Waals surface area contributed by atoms with Gasteiger partial charge in [0.15, 0.2) is 0 Å². The van der Waals surface area contributed by atoms with Gasteiger partial charge in [0.05, 0.1) is 5.92 Å². The average Bonchev–Trinajstić information content (AvgIpc) is 2.38. The largest absolute Gasteiger partial charge is 0.508 e. The zero-order chi connectivity index (χ0) is 14.0. The van der Waals surface area contributed by atoms with Gasteiger partial charge in [0.2, 0.25) is 0 Å². The van der Waals surface area contributed by atoms with Crippen LogP contribution in [0.1, 0.15) is 24.0 Å². The standard InChI is InChI=1S/C16H16O3/c1-10-9-13(12-3-6-14(17)7-4-12)5-8-15(10)11(2)16(18)19/h3-9,11,17H,1-2H3,(H,18,19). The quantitative estimate of drug-likeness (QED) is 0.882. The second kappa shape index (κ2) is 5.14. The van der Waals surface area contributed by atoms with Gasteiger partial charge in [0.1, 0.15) is 5.75 Å². The van der Waals surface area contributed by atoms with Gasteiger partial charge in [0, 0.05) is 0 Å². The van der Waals surface area contributed by atoms with E-state index in [0.717, 1.165) is 22.3 Å². The minimum absolute atomic E-state index is 0.233. The zero-order valence-electron chi connectivity index (χ0n) is 10.9. The summed E-state index contributed by atoms with van der Waals surface area (Å²) in [6.45, 7) is 3.60. The maximum Gasteiger partial charge on any atom is 0.310 e. The predicted octanol–water partition coefficient (Wildman–Crippen LogP) is 3.56. The lowest BCUT2D eigenvalue weighted by molar-refractivity contribution is -0.138. The van der Waals surface area contributed by atoms with E-state index in [0.29, 0.717) is 0 Å². The molecule has 0 aliphatic carbocycles. The Bertz CT molecular complexity index is 600. The molecule has 1 unspecified atom stereocenters. The van der Waals surface area contributed by atoms with Crippen molar-refractivity contribution in [3.63, 3.8) is 0 Å². The molecule has 98 valence electrons. The number of carboxylic acids is 1. The maximum atomic E-state index is 11.0. The maximum absolute atomic E-state index is 11.0. The minimum atomic E-state index is -0.819. The van der Waals surface area contributed by atoms with E-state index in [1.807, 2.05) is 37.3 Å². The highest BCUT2D eigenvalue weighted by Gasteiger charge is 2.16. The topological polar surface area (TPSA) is 57.5 Å². The molecule has 0 aliphatic heterocycles. The molecule has 0 saturated heterocycles. The molecule has 0 fully saturated rings. The Balaban J connectivity index is 2.38. The molecule has 2 aromatic carbocycles. The molecule has 2 aromatic rings. The Labute approximate surface area is 112 Å². The Morgan fingerprint density at radius 3 is 2.16 bits per heavy atom. The molecule has 2 N–H and O–H groups in total. The van der Waals surface area contributed by atoms with Crippen LogP contribution in [-0.4, -0.2) is 16.2 Å². The molecule has 0 radical (unpaired) electrons. The summed E-state index contributed by atoms with van der Waals surface area (Å²) in [6, 6.07) is 12.7. The summed E-state index contributed by atoms with van der Waals surface area (Å²) in [5, 5.41) is 18.3. The lowest BCUT2D eigenvalue weighted by Gasteiger charge is -2.12. The van der Waals surface area contributed by atoms with Crippen molar-refractivity contribution in [2.75, 3.05) is 0 Å². The number of rotatable bonds is 3. The summed E-state index contributed by atoms with van der Waals surface area (Å²) in [5.41, 5.74) is 3.80. The Morgan fingerprint density at radius 1 is 1.05 bits per heavy atom. The molecule has 0 saturated carbocycles. The van der Waals surface area contributed by atoms with Gasteiger partial charge in [-0.05, 0) is 48.2 Å². The van der Waals surface area contributed by atoms with Gasteiger partial charge in [-0.2, -0.15) is 0 Å². The number of phenolic OH excluding ortho intramolecular Hbond substituents is 1. The van der Waals surface area contributed by atoms with Crippen LogP contribution in [0.15, 0.2) is 42.5 Å². The fourth-order valence-corrected chi connectivity index (χ4v) is 2.13. The van der Waals surface area contributed by atoms with Crippen LogP contribution in [0.5, 0.6) is 5.75 Å². The lowest BCUT2D eigenvalue weighted by Crippen LogP contribution is -2.08. The third-order valence-electron chi connectivity index (χ3n) is 3.31. The molecule has 2 rings (SSSR count). The van der Waals surface area contributed by atoms with Crippen LogP contribution in [0.3, 0.4) is 0 Å². The van der Waals surface area contributed by atoms with E-state index < -0.39 is 11.9 Å². The number of hydrogen-bond donors (Lipinski definition) is 2. The van der Waals surface area contributed by atoms with Crippen molar-refractivity contribution in [3.05, 3.63) is 53.6 Å². The van der Waals surface area contributed by atoms with E-state index in [1.165, 1.54) is 0 Å². The summed E-state index contributed by atoms with van der Waals surface area (Å²) in [4.78, 5) is 11.0. The third-order valence-corrected chi connectivity index (χ3v) is 3.31. The highest BCUT2D eigenvalue weighted by molar-refractivity contribution is 5.77. The van der Waals surface area contributed by atoms with E-state index in [2.05, 4.69) is 0 Å². The molecule has 0 spiro atoms. The number of carboxylic acid groups (broad SMARTS) is 1. The zero-order valence-corrected chi connectivity index (χ0v) is 10.9. The Kier molecular flexibility index (Phi) is 3.56. The normalized spacial score (nSPS) is 12.1. The first kappa shape index (κ1) is 13.1. The van der Waals surface area contributed by atoms with Gasteiger partial charge in [-0.25, -0.2) is 0 Å². The smallest absolute Gasteiger partial charge is 0.310 e. The number of aliphatic carboxylic acids is 1. The first-order valence-corrected chi connectivity index (χ1v) is 6.12. The molecule has 19 heavy (non-hydrogen) atoms. The van der Waals surface area contributed by atoms with Crippen molar-refractivity contribution < 1.29 is 15.0 Å². The van der Waals surface area contributed by atoms with Crippen molar-refractivity contribution in [1.82, 2.24) is 0 Å². The van der Waals surface area contributed by atoms with Crippen LogP contribution in [0.2, 0.25) is 0 Å². The van der Waals surface area contributed by atoms with E-state index in [9.17, 15) is 9.90 Å². The lowest BCUT2D eigenvalue weighted by atomic mass is 9.93. The predicted molar refractivity (Wildman–Crippen MR) is 74.3 cm³/mol. The van der Waals surface area contributed by atoms with Crippen LogP contribution >= 0.6 is 0 Å². The molecule has 3 nitrogen and oxygen atoms in total. The molecule has 0 aromatic heterocycles. The van der Waals surface area contributed by atoms with Crippen molar-refractivity contribution in [2.24, 2.45) is 0 Å². The summed E-state index contributed by atoms with van der Waals surface area (Å²) in [5.74, 6) is -1.09. The van der Waals surface area contributed by atoms with Crippen molar-refractivity contribution in [2.45, 2.75) is 19.8 Å². The van der Waals surface area contributed by atoms with E-state index in [-0.39, 0.29) is 5.75 Å². The second-order valence-electron chi connectivity index (χ2n) is 4.68. The molecule has 0 aliphatic rings. The number of hydrogen-bond acceptors (Lipinski definition) is 2. The fraction of sp³-hybridized carbons (Fsp3) is 0.188. The van der Waals surface area contributed by atoms with Crippen molar-refractivity contribution >= 4 is 5.97 Å².